The maximum Gasteiger partial charge on any atom is 1.00 e. The third-order valence-corrected chi connectivity index (χ3v) is 9.25. The van der Waals surface area contributed by atoms with Crippen LogP contribution in [0.5, 0.6) is 0 Å². The van der Waals surface area contributed by atoms with Crippen LogP contribution in [0.25, 0.3) is 0 Å². The Bertz CT molecular complexity index is 607. The number of carbonyl (C=O) groups excluding carboxylic acids is 2. The first-order valence-electron chi connectivity index (χ1n) is 19.2. The normalized spacial score (nSPS) is 14.0. The summed E-state index contributed by atoms with van der Waals surface area (Å²) >= 11 is 0. The van der Waals surface area contributed by atoms with Crippen molar-refractivity contribution in [3.63, 3.8) is 0 Å². The average Bonchev–Trinajstić information content (AvgIpc) is 2.97. The third-order valence-electron chi connectivity index (χ3n) is 9.25. The second-order valence-electron chi connectivity index (χ2n) is 14.1. The number of carbonyl (C=O) groups is 2. The Labute approximate surface area is 299 Å². The zero-order valence-electron chi connectivity index (χ0n) is 32.1. The largest absolute Gasteiger partial charge is 1.00 e. The average molecular weight is 633 g/mol. The molecule has 4 nitrogen and oxygen atoms in total. The van der Waals surface area contributed by atoms with E-state index in [2.05, 4.69) is 41.5 Å². The molecule has 0 heterocycles. The summed E-state index contributed by atoms with van der Waals surface area (Å²) in [5.74, 6) is -0.847. The summed E-state index contributed by atoms with van der Waals surface area (Å²) in [6.45, 7) is 13.0. The van der Waals surface area contributed by atoms with Gasteiger partial charge in [-0.25, -0.2) is 0 Å². The SMILES string of the molecule is CCCCCCCCCCCCC(C)(CCCC)OC(=O)CC(=O)OC(C)(CCCC)CCCCCCCCCCCC.[H-].[Na+]. The molecule has 0 bridgehead atoms. The van der Waals surface area contributed by atoms with Gasteiger partial charge >= 0.3 is 41.5 Å². The van der Waals surface area contributed by atoms with Gasteiger partial charge in [0.1, 0.15) is 17.6 Å². The van der Waals surface area contributed by atoms with Crippen molar-refractivity contribution in [2.24, 2.45) is 0 Å². The van der Waals surface area contributed by atoms with Crippen LogP contribution < -0.4 is 29.6 Å². The zero-order valence-corrected chi connectivity index (χ0v) is 33.1. The van der Waals surface area contributed by atoms with Crippen LogP contribution in [0, 0.1) is 0 Å². The summed E-state index contributed by atoms with van der Waals surface area (Å²) in [6.07, 6.45) is 33.3. The topological polar surface area (TPSA) is 52.6 Å². The van der Waals surface area contributed by atoms with E-state index in [-0.39, 0.29) is 37.4 Å². The Morgan fingerprint density at radius 2 is 0.636 bits per heavy atom. The van der Waals surface area contributed by atoms with Gasteiger partial charge in [-0.15, -0.1) is 0 Å². The quantitative estimate of drug-likeness (QED) is 0.0320. The van der Waals surface area contributed by atoms with E-state index in [4.69, 9.17) is 9.47 Å². The van der Waals surface area contributed by atoms with E-state index in [9.17, 15) is 9.59 Å². The molecule has 258 valence electrons. The number of hydrogen-bond acceptors (Lipinski definition) is 4. The van der Waals surface area contributed by atoms with E-state index < -0.39 is 23.1 Å². The molecule has 0 fully saturated rings. The molecule has 0 radical (unpaired) electrons. The van der Waals surface area contributed by atoms with Gasteiger partial charge in [0.15, 0.2) is 0 Å². The smallest absolute Gasteiger partial charge is 1.00 e. The minimum Gasteiger partial charge on any atom is -1.00 e. The molecule has 0 saturated carbocycles. The van der Waals surface area contributed by atoms with Gasteiger partial charge in [0, 0.05) is 0 Å². The first kappa shape index (κ1) is 46.1. The maximum atomic E-state index is 12.9. The first-order chi connectivity index (χ1) is 20.7. The maximum absolute atomic E-state index is 12.9. The monoisotopic (exact) mass is 633 g/mol. The molecule has 0 aromatic rings. The Morgan fingerprint density at radius 1 is 0.409 bits per heavy atom. The minimum absolute atomic E-state index is 0. The van der Waals surface area contributed by atoms with Gasteiger partial charge < -0.3 is 10.9 Å². The molecule has 2 unspecified atom stereocenters. The summed E-state index contributed by atoms with van der Waals surface area (Å²) in [5, 5.41) is 0. The Balaban J connectivity index is -0.00000882. The molecule has 44 heavy (non-hydrogen) atoms. The molecule has 0 N–H and O–H groups in total. The van der Waals surface area contributed by atoms with Crippen molar-refractivity contribution in [2.75, 3.05) is 0 Å². The number of ether oxygens (including phenoxy) is 2. The molecular formula is C39H77NaO4. The van der Waals surface area contributed by atoms with Gasteiger partial charge in [0.25, 0.3) is 0 Å². The molecule has 5 heteroatoms. The van der Waals surface area contributed by atoms with Crippen molar-refractivity contribution in [3.05, 3.63) is 0 Å². The fourth-order valence-corrected chi connectivity index (χ4v) is 6.27. The molecule has 0 aliphatic carbocycles. The van der Waals surface area contributed by atoms with Gasteiger partial charge in [-0.3, -0.25) is 9.59 Å². The summed E-state index contributed by atoms with van der Waals surface area (Å²) < 4.78 is 12.0. The number of hydrogen-bond donors (Lipinski definition) is 0. The van der Waals surface area contributed by atoms with Crippen LogP contribution in [0.4, 0.5) is 0 Å². The van der Waals surface area contributed by atoms with Crippen LogP contribution in [0.1, 0.15) is 229 Å². The second-order valence-corrected chi connectivity index (χ2v) is 14.1. The fraction of sp³-hybridized carbons (Fsp3) is 0.949. The van der Waals surface area contributed by atoms with E-state index in [0.29, 0.717) is 0 Å². The molecule has 0 aromatic heterocycles. The van der Waals surface area contributed by atoms with Crippen molar-refractivity contribution in [1.29, 1.82) is 0 Å². The van der Waals surface area contributed by atoms with Crippen molar-refractivity contribution < 1.29 is 50.0 Å². The molecular weight excluding hydrogens is 555 g/mol. The van der Waals surface area contributed by atoms with Crippen molar-refractivity contribution in [2.45, 2.75) is 239 Å². The van der Waals surface area contributed by atoms with Gasteiger partial charge in [0.2, 0.25) is 0 Å². The summed E-state index contributed by atoms with van der Waals surface area (Å²) in [6, 6.07) is 0. The van der Waals surface area contributed by atoms with Crippen LogP contribution >= 0.6 is 0 Å². The van der Waals surface area contributed by atoms with Gasteiger partial charge in [0.05, 0.1) is 0 Å². The number of esters is 2. The molecule has 0 saturated heterocycles. The molecule has 2 atom stereocenters. The van der Waals surface area contributed by atoms with Crippen molar-refractivity contribution >= 4 is 11.9 Å². The third kappa shape index (κ3) is 28.2. The van der Waals surface area contributed by atoms with Crippen molar-refractivity contribution in [1.82, 2.24) is 0 Å². The fourth-order valence-electron chi connectivity index (χ4n) is 6.27. The van der Waals surface area contributed by atoms with Crippen LogP contribution in [-0.2, 0) is 19.1 Å². The molecule has 0 aliphatic heterocycles. The zero-order chi connectivity index (χ0) is 32.1. The molecule has 0 aliphatic rings. The Morgan fingerprint density at radius 3 is 0.909 bits per heavy atom. The van der Waals surface area contributed by atoms with E-state index >= 15 is 0 Å². The second kappa shape index (κ2) is 31.5. The van der Waals surface area contributed by atoms with Gasteiger partial charge in [-0.2, -0.15) is 0 Å². The molecule has 0 amide bonds. The summed E-state index contributed by atoms with van der Waals surface area (Å²) in [4.78, 5) is 25.9. The van der Waals surface area contributed by atoms with E-state index in [1.165, 1.54) is 116 Å². The molecule has 0 rings (SSSR count). The van der Waals surface area contributed by atoms with E-state index in [1.807, 2.05) is 0 Å². The van der Waals surface area contributed by atoms with Crippen LogP contribution in [0.2, 0.25) is 0 Å². The predicted molar refractivity (Wildman–Crippen MR) is 187 cm³/mol. The predicted octanol–water partition coefficient (Wildman–Crippen LogP) is 10.1. The number of rotatable bonds is 32. The Kier molecular flexibility index (Phi) is 33.0. The van der Waals surface area contributed by atoms with E-state index in [1.54, 1.807) is 0 Å². The Hall–Kier alpha value is -0.0600. The molecule has 0 spiro atoms. The van der Waals surface area contributed by atoms with Crippen molar-refractivity contribution in [3.8, 4) is 0 Å². The summed E-state index contributed by atoms with van der Waals surface area (Å²) in [5.41, 5.74) is -0.982. The van der Waals surface area contributed by atoms with Crippen LogP contribution in [0.3, 0.4) is 0 Å². The van der Waals surface area contributed by atoms with Gasteiger partial charge in [-0.1, -0.05) is 156 Å². The first-order valence-corrected chi connectivity index (χ1v) is 19.2. The minimum atomic E-state index is -0.491. The molecule has 0 aromatic carbocycles. The van der Waals surface area contributed by atoms with E-state index in [0.717, 1.165) is 64.2 Å². The van der Waals surface area contributed by atoms with Crippen LogP contribution in [0.15, 0.2) is 0 Å². The van der Waals surface area contributed by atoms with Gasteiger partial charge in [-0.05, 0) is 65.2 Å². The standard InChI is InChI=1S/C39H76O4.Na.H/c1-7-11-15-17-19-21-23-25-27-29-33-38(5,31-13-9-3)42-36(40)35-37(41)43-39(6,32-14-10-4)34-30-28-26-24-22-20-18-16-12-8-2;;/h7-35H2,1-6H3;;/q;+1;-1. The number of unbranched alkanes of at least 4 members (excludes halogenated alkanes) is 20. The van der Waals surface area contributed by atoms with Crippen LogP contribution in [-0.4, -0.2) is 23.1 Å². The summed E-state index contributed by atoms with van der Waals surface area (Å²) in [7, 11) is 0.